The van der Waals surface area contributed by atoms with Gasteiger partial charge in [0, 0.05) is 8.95 Å². The van der Waals surface area contributed by atoms with E-state index in [1.807, 2.05) is 30.3 Å². The molecule has 0 aromatic heterocycles. The molecule has 0 saturated heterocycles. The van der Waals surface area contributed by atoms with Crippen molar-refractivity contribution in [1.82, 2.24) is 0 Å². The van der Waals surface area contributed by atoms with Crippen LogP contribution in [0.4, 0.5) is 0 Å². The second-order valence-electron chi connectivity index (χ2n) is 6.51. The summed E-state index contributed by atoms with van der Waals surface area (Å²) in [6, 6.07) is 23.7. The van der Waals surface area contributed by atoms with Crippen LogP contribution in [0.1, 0.15) is 10.4 Å². The lowest BCUT2D eigenvalue weighted by atomic mass is 10.1. The van der Waals surface area contributed by atoms with E-state index in [1.54, 1.807) is 36.4 Å². The molecule has 0 aliphatic rings. The van der Waals surface area contributed by atoms with Crippen LogP contribution in [0.15, 0.2) is 98.8 Å². The van der Waals surface area contributed by atoms with Gasteiger partial charge in [0.15, 0.2) is 5.75 Å². The highest BCUT2D eigenvalue weighted by molar-refractivity contribution is 9.11. The second kappa shape index (κ2) is 8.82. The van der Waals surface area contributed by atoms with E-state index in [9.17, 15) is 13.2 Å². The molecule has 156 valence electrons. The molecule has 0 radical (unpaired) electrons. The van der Waals surface area contributed by atoms with Gasteiger partial charge in [0.1, 0.15) is 16.2 Å². The van der Waals surface area contributed by atoms with Gasteiger partial charge in [-0.05, 0) is 69.2 Å². The summed E-state index contributed by atoms with van der Waals surface area (Å²) in [5.74, 6) is -0.509. The summed E-state index contributed by atoms with van der Waals surface area (Å²) in [6.07, 6.45) is 0. The minimum atomic E-state index is -4.21. The van der Waals surface area contributed by atoms with Crippen LogP contribution in [-0.2, 0) is 10.1 Å². The van der Waals surface area contributed by atoms with E-state index in [4.69, 9.17) is 8.92 Å². The first kappa shape index (κ1) is 21.5. The molecule has 0 amide bonds. The Kier molecular flexibility index (Phi) is 6.13. The molecule has 0 aliphatic carbocycles. The highest BCUT2D eigenvalue weighted by atomic mass is 79.9. The minimum absolute atomic E-state index is 0.00893. The maximum absolute atomic E-state index is 12.8. The topological polar surface area (TPSA) is 69.7 Å². The van der Waals surface area contributed by atoms with Crippen LogP contribution >= 0.6 is 31.9 Å². The number of hydrogen-bond donors (Lipinski definition) is 0. The first-order chi connectivity index (χ1) is 14.8. The van der Waals surface area contributed by atoms with Crippen LogP contribution in [-0.4, -0.2) is 14.4 Å². The largest absolute Gasteiger partial charge is 0.423 e. The number of hydrogen-bond acceptors (Lipinski definition) is 5. The number of esters is 1. The Morgan fingerprint density at radius 1 is 0.774 bits per heavy atom. The molecule has 0 bridgehead atoms. The van der Waals surface area contributed by atoms with Gasteiger partial charge < -0.3 is 8.92 Å². The third-order valence-electron chi connectivity index (χ3n) is 4.40. The van der Waals surface area contributed by atoms with Crippen molar-refractivity contribution >= 4 is 58.7 Å². The van der Waals surface area contributed by atoms with Crippen molar-refractivity contribution in [1.29, 1.82) is 0 Å². The van der Waals surface area contributed by atoms with Gasteiger partial charge in [-0.25, -0.2) is 4.79 Å². The normalized spacial score (nSPS) is 11.3. The molecule has 4 rings (SSSR count). The molecule has 0 saturated carbocycles. The monoisotopic (exact) mass is 560 g/mol. The predicted octanol–water partition coefficient (Wildman–Crippen LogP) is 6.35. The summed E-state index contributed by atoms with van der Waals surface area (Å²) in [6.45, 7) is 0. The Balaban J connectivity index is 1.63. The molecule has 4 aromatic rings. The molecular weight excluding hydrogens is 548 g/mol. The molecule has 0 atom stereocenters. The van der Waals surface area contributed by atoms with E-state index in [0.717, 1.165) is 10.8 Å². The summed E-state index contributed by atoms with van der Waals surface area (Å²) >= 11 is 6.47. The third-order valence-corrected chi connectivity index (χ3v) is 7.12. The number of rotatable bonds is 5. The van der Waals surface area contributed by atoms with Gasteiger partial charge in [-0.3, -0.25) is 0 Å². The number of benzene rings is 4. The Hall–Kier alpha value is -2.68. The molecule has 5 nitrogen and oxygen atoms in total. The van der Waals surface area contributed by atoms with Gasteiger partial charge in [-0.15, -0.1) is 0 Å². The van der Waals surface area contributed by atoms with Crippen molar-refractivity contribution in [2.24, 2.45) is 0 Å². The summed E-state index contributed by atoms with van der Waals surface area (Å²) in [4.78, 5) is 12.7. The molecule has 0 unspecified atom stereocenters. The molecule has 8 heteroatoms. The average Bonchev–Trinajstić information content (AvgIpc) is 2.75. The van der Waals surface area contributed by atoms with Crippen LogP contribution in [0.25, 0.3) is 10.8 Å². The molecule has 0 aliphatic heterocycles. The number of halogens is 2. The fraction of sp³-hybridized carbons (Fsp3) is 0. The highest BCUT2D eigenvalue weighted by Gasteiger charge is 2.24. The number of carbonyl (C=O) groups is 1. The van der Waals surface area contributed by atoms with E-state index in [-0.39, 0.29) is 16.2 Å². The lowest BCUT2D eigenvalue weighted by molar-refractivity contribution is 0.0733. The fourth-order valence-corrected chi connectivity index (χ4v) is 5.34. The zero-order valence-electron chi connectivity index (χ0n) is 15.8. The van der Waals surface area contributed by atoms with Gasteiger partial charge in [0.25, 0.3) is 0 Å². The summed E-state index contributed by atoms with van der Waals surface area (Å²) in [5.41, 5.74) is -0.00893. The SMILES string of the molecule is O=C(Oc1ccc2ccccc2c1)c1ccccc1OS(=O)(=O)c1cc(Br)ccc1Br. The molecule has 0 heterocycles. The van der Waals surface area contributed by atoms with E-state index in [0.29, 0.717) is 14.7 Å². The summed E-state index contributed by atoms with van der Waals surface area (Å²) < 4.78 is 37.4. The van der Waals surface area contributed by atoms with Crippen molar-refractivity contribution in [2.75, 3.05) is 0 Å². The van der Waals surface area contributed by atoms with Gasteiger partial charge in [0.2, 0.25) is 0 Å². The number of para-hydroxylation sites is 1. The number of fused-ring (bicyclic) bond motifs is 1. The van der Waals surface area contributed by atoms with E-state index < -0.39 is 16.1 Å². The predicted molar refractivity (Wildman–Crippen MR) is 125 cm³/mol. The molecule has 0 N–H and O–H groups in total. The second-order valence-corrected chi connectivity index (χ2v) is 9.79. The van der Waals surface area contributed by atoms with Crippen LogP contribution in [0, 0.1) is 0 Å². The van der Waals surface area contributed by atoms with Crippen LogP contribution < -0.4 is 8.92 Å². The fourth-order valence-electron chi connectivity index (χ4n) is 2.93. The summed E-state index contributed by atoms with van der Waals surface area (Å²) in [7, 11) is -4.21. The van der Waals surface area contributed by atoms with Crippen molar-refractivity contribution in [3.05, 3.63) is 99.4 Å². The van der Waals surface area contributed by atoms with E-state index >= 15 is 0 Å². The minimum Gasteiger partial charge on any atom is -0.423 e. The lowest BCUT2D eigenvalue weighted by Gasteiger charge is -2.12. The smallest absolute Gasteiger partial charge is 0.347 e. The van der Waals surface area contributed by atoms with E-state index in [2.05, 4.69) is 31.9 Å². The Morgan fingerprint density at radius 3 is 2.29 bits per heavy atom. The molecule has 4 aromatic carbocycles. The summed E-state index contributed by atoms with van der Waals surface area (Å²) in [5, 5.41) is 1.93. The average molecular weight is 562 g/mol. The third kappa shape index (κ3) is 4.81. The molecule has 31 heavy (non-hydrogen) atoms. The zero-order chi connectivity index (χ0) is 22.0. The molecule has 0 fully saturated rings. The van der Waals surface area contributed by atoms with E-state index in [1.165, 1.54) is 18.2 Å². The van der Waals surface area contributed by atoms with Crippen molar-refractivity contribution in [3.8, 4) is 11.5 Å². The van der Waals surface area contributed by atoms with Crippen LogP contribution in [0.3, 0.4) is 0 Å². The molecule has 0 spiro atoms. The van der Waals surface area contributed by atoms with Crippen molar-refractivity contribution in [3.63, 3.8) is 0 Å². The van der Waals surface area contributed by atoms with Gasteiger partial charge in [-0.1, -0.05) is 58.4 Å². The van der Waals surface area contributed by atoms with Crippen molar-refractivity contribution in [2.45, 2.75) is 4.90 Å². The van der Waals surface area contributed by atoms with Gasteiger partial charge in [0.05, 0.1) is 0 Å². The standard InChI is InChI=1S/C23H14Br2O5S/c24-17-10-12-20(25)22(14-17)31(27,28)30-21-8-4-3-7-19(21)23(26)29-18-11-9-15-5-1-2-6-16(15)13-18/h1-14H. The Bertz CT molecular complexity index is 1400. The lowest BCUT2D eigenvalue weighted by Crippen LogP contribution is -2.15. The first-order valence-corrected chi connectivity index (χ1v) is 12.0. The maximum atomic E-state index is 12.8. The zero-order valence-corrected chi connectivity index (χ0v) is 19.8. The quantitative estimate of drug-likeness (QED) is 0.161. The molecular formula is C23H14Br2O5S. The number of carbonyl (C=O) groups excluding carboxylic acids is 1. The van der Waals surface area contributed by atoms with Gasteiger partial charge in [-0.2, -0.15) is 8.42 Å². The maximum Gasteiger partial charge on any atom is 0.347 e. The van der Waals surface area contributed by atoms with Crippen molar-refractivity contribution < 1.29 is 22.1 Å². The Morgan fingerprint density at radius 2 is 1.48 bits per heavy atom. The Labute approximate surface area is 196 Å². The number of ether oxygens (including phenoxy) is 1. The highest BCUT2D eigenvalue weighted by Crippen LogP contribution is 2.30. The first-order valence-electron chi connectivity index (χ1n) is 9.03. The van der Waals surface area contributed by atoms with Gasteiger partial charge >= 0.3 is 16.1 Å². The van der Waals surface area contributed by atoms with Crippen LogP contribution in [0.2, 0.25) is 0 Å². The van der Waals surface area contributed by atoms with Crippen LogP contribution in [0.5, 0.6) is 11.5 Å².